The third-order valence-electron chi connectivity index (χ3n) is 7.28. The van der Waals surface area contributed by atoms with Crippen LogP contribution in [0.15, 0.2) is 38.9 Å². The van der Waals surface area contributed by atoms with Gasteiger partial charge in [-0.25, -0.2) is 4.99 Å². The molecule has 1 aliphatic heterocycles. The van der Waals surface area contributed by atoms with E-state index in [0.717, 1.165) is 50.9 Å². The molecule has 1 saturated carbocycles. The molecule has 194 valence electrons. The zero-order chi connectivity index (χ0) is 25.2. The molecule has 1 atom stereocenters. The third-order valence-corrected chi connectivity index (χ3v) is 7.77. The number of hydrogen-bond acceptors (Lipinski definition) is 6. The van der Waals surface area contributed by atoms with Crippen LogP contribution in [-0.4, -0.2) is 43.5 Å². The Kier molecular flexibility index (Phi) is 8.02. The van der Waals surface area contributed by atoms with Gasteiger partial charge in [-0.15, -0.1) is 13.2 Å². The largest absolute Gasteiger partial charge is 0.573 e. The van der Waals surface area contributed by atoms with E-state index in [1.54, 1.807) is 12.1 Å². The molecule has 4 N–H and O–H groups in total. The van der Waals surface area contributed by atoms with Gasteiger partial charge in [-0.3, -0.25) is 5.73 Å². The summed E-state index contributed by atoms with van der Waals surface area (Å²) < 4.78 is 43.0. The second-order valence-electron chi connectivity index (χ2n) is 10.1. The van der Waals surface area contributed by atoms with Gasteiger partial charge in [-0.2, -0.15) is 0 Å². The number of alkyl halides is 3. The summed E-state index contributed by atoms with van der Waals surface area (Å²) in [4.78, 5) is 7.10. The van der Waals surface area contributed by atoms with Crippen LogP contribution in [0.5, 0.6) is 5.75 Å². The van der Waals surface area contributed by atoms with Crippen LogP contribution in [0.2, 0.25) is 0 Å². The van der Waals surface area contributed by atoms with Crippen LogP contribution >= 0.6 is 15.9 Å². The minimum atomic E-state index is -4.72. The molecule has 0 saturated heterocycles. The van der Waals surface area contributed by atoms with E-state index in [-0.39, 0.29) is 11.7 Å². The molecule has 0 aromatic heterocycles. The molecule has 1 heterocycles. The van der Waals surface area contributed by atoms with Gasteiger partial charge in [0.15, 0.2) is 5.79 Å². The van der Waals surface area contributed by atoms with Crippen molar-refractivity contribution in [2.24, 2.45) is 22.6 Å². The number of amidine groups is 1. The number of rotatable bonds is 6. The Morgan fingerprint density at radius 1 is 1.20 bits per heavy atom. The molecule has 0 bridgehead atoms. The molecule has 3 aliphatic rings. The van der Waals surface area contributed by atoms with E-state index >= 15 is 0 Å². The molecule has 0 radical (unpaired) electrons. The molecule has 2 aliphatic carbocycles. The van der Waals surface area contributed by atoms with Crippen LogP contribution in [0.3, 0.4) is 0 Å². The summed E-state index contributed by atoms with van der Waals surface area (Å²) in [6.07, 6.45) is 3.64. The van der Waals surface area contributed by atoms with Gasteiger partial charge < -0.3 is 20.3 Å². The standard InChI is InChI=1S/C25H35BrF3N5O/c1-34(2)23-20-5-3-4-6-21(20)32-24(30,33-23)18-10-7-16(8-11-18)14-31-15-17-9-12-19(26)13-22(17)35-25(27,28)29/h9,12-13,16,18,31-32H,3-8,10-11,14-15,30H2,1-2H3. The molecule has 10 heteroatoms. The number of nitrogens with one attached hydrogen (secondary N) is 2. The molecule has 0 spiro atoms. The highest BCUT2D eigenvalue weighted by molar-refractivity contribution is 9.10. The summed E-state index contributed by atoms with van der Waals surface area (Å²) in [6, 6.07) is 4.72. The summed E-state index contributed by atoms with van der Waals surface area (Å²) in [5.74, 6) is 0.735. The second-order valence-corrected chi connectivity index (χ2v) is 11.0. The monoisotopic (exact) mass is 557 g/mol. The minimum Gasteiger partial charge on any atom is -0.405 e. The van der Waals surface area contributed by atoms with Gasteiger partial charge >= 0.3 is 6.36 Å². The van der Waals surface area contributed by atoms with Gasteiger partial charge in [-0.1, -0.05) is 22.0 Å². The van der Waals surface area contributed by atoms with Crippen molar-refractivity contribution in [2.45, 2.75) is 70.1 Å². The van der Waals surface area contributed by atoms with E-state index in [0.29, 0.717) is 22.5 Å². The molecule has 35 heavy (non-hydrogen) atoms. The Bertz CT molecular complexity index is 972. The first-order chi connectivity index (χ1) is 16.5. The Balaban J connectivity index is 1.32. The lowest BCUT2D eigenvalue weighted by atomic mass is 9.77. The van der Waals surface area contributed by atoms with Crippen molar-refractivity contribution < 1.29 is 17.9 Å². The average molecular weight is 558 g/mol. The molecule has 1 fully saturated rings. The third kappa shape index (κ3) is 6.51. The predicted octanol–water partition coefficient (Wildman–Crippen LogP) is 5.25. The molecular formula is C25H35BrF3N5O. The fourth-order valence-electron chi connectivity index (χ4n) is 5.48. The predicted molar refractivity (Wildman–Crippen MR) is 135 cm³/mol. The normalized spacial score (nSPS) is 27.1. The number of hydrogen-bond donors (Lipinski definition) is 3. The van der Waals surface area contributed by atoms with E-state index in [1.807, 2.05) is 14.1 Å². The van der Waals surface area contributed by atoms with Gasteiger partial charge in [0.1, 0.15) is 11.6 Å². The van der Waals surface area contributed by atoms with Crippen molar-refractivity contribution in [3.8, 4) is 5.75 Å². The van der Waals surface area contributed by atoms with E-state index in [4.69, 9.17) is 10.7 Å². The number of benzene rings is 1. The number of nitrogens with two attached hydrogens (primary N) is 1. The van der Waals surface area contributed by atoms with E-state index < -0.39 is 12.1 Å². The van der Waals surface area contributed by atoms with Gasteiger partial charge in [0.05, 0.1) is 0 Å². The van der Waals surface area contributed by atoms with Crippen LogP contribution in [0.1, 0.15) is 56.9 Å². The summed E-state index contributed by atoms with van der Waals surface area (Å²) in [6.45, 7) is 1.05. The molecular weight excluding hydrogens is 523 g/mol. The van der Waals surface area contributed by atoms with E-state index in [1.165, 1.54) is 30.2 Å². The Labute approximate surface area is 213 Å². The van der Waals surface area contributed by atoms with Crippen LogP contribution in [-0.2, 0) is 6.54 Å². The maximum Gasteiger partial charge on any atom is 0.573 e. The summed E-state index contributed by atoms with van der Waals surface area (Å²) in [5, 5.41) is 6.94. The van der Waals surface area contributed by atoms with Crippen LogP contribution in [0, 0.1) is 11.8 Å². The second kappa shape index (κ2) is 10.7. The highest BCUT2D eigenvalue weighted by atomic mass is 79.9. The van der Waals surface area contributed by atoms with Crippen LogP contribution in [0.25, 0.3) is 0 Å². The first kappa shape index (κ1) is 26.3. The summed E-state index contributed by atoms with van der Waals surface area (Å²) in [5.41, 5.74) is 9.93. The maximum atomic E-state index is 12.8. The van der Waals surface area contributed by atoms with Gasteiger partial charge in [0.25, 0.3) is 0 Å². The quantitative estimate of drug-likeness (QED) is 0.445. The van der Waals surface area contributed by atoms with E-state index in [2.05, 4.69) is 36.2 Å². The first-order valence-electron chi connectivity index (χ1n) is 12.4. The Morgan fingerprint density at radius 3 is 2.60 bits per heavy atom. The van der Waals surface area contributed by atoms with Crippen molar-refractivity contribution >= 4 is 21.8 Å². The van der Waals surface area contributed by atoms with Crippen molar-refractivity contribution in [2.75, 3.05) is 20.6 Å². The minimum absolute atomic E-state index is 0.178. The highest BCUT2D eigenvalue weighted by Gasteiger charge is 2.42. The summed E-state index contributed by atoms with van der Waals surface area (Å²) >= 11 is 3.21. The maximum absolute atomic E-state index is 12.8. The highest BCUT2D eigenvalue weighted by Crippen LogP contribution is 2.39. The smallest absolute Gasteiger partial charge is 0.405 e. The average Bonchev–Trinajstić information content (AvgIpc) is 2.79. The van der Waals surface area contributed by atoms with Crippen molar-refractivity contribution in [3.63, 3.8) is 0 Å². The zero-order valence-corrected chi connectivity index (χ0v) is 21.9. The zero-order valence-electron chi connectivity index (χ0n) is 20.3. The first-order valence-corrected chi connectivity index (χ1v) is 13.1. The fourth-order valence-corrected chi connectivity index (χ4v) is 5.82. The lowest BCUT2D eigenvalue weighted by molar-refractivity contribution is -0.274. The van der Waals surface area contributed by atoms with Crippen molar-refractivity contribution in [1.82, 2.24) is 15.5 Å². The Morgan fingerprint density at radius 2 is 1.91 bits per heavy atom. The SMILES string of the molecule is CN(C)C1=NC(N)(C2CCC(CNCc3ccc(Br)cc3OC(F)(F)F)CC2)NC2=C1CCCC2. The molecule has 4 rings (SSSR count). The number of aliphatic imine (C=N–C) groups is 1. The molecule has 1 unspecified atom stereocenters. The van der Waals surface area contributed by atoms with Gasteiger partial charge in [0, 0.05) is 47.9 Å². The number of allylic oxidation sites excluding steroid dienone is 1. The van der Waals surface area contributed by atoms with Crippen LogP contribution < -0.4 is 21.1 Å². The Hall–Kier alpha value is -1.78. The lowest BCUT2D eigenvalue weighted by Gasteiger charge is -2.45. The van der Waals surface area contributed by atoms with Crippen molar-refractivity contribution in [1.29, 1.82) is 0 Å². The molecule has 1 aromatic rings. The van der Waals surface area contributed by atoms with Gasteiger partial charge in [0.2, 0.25) is 0 Å². The van der Waals surface area contributed by atoms with Crippen LogP contribution in [0.4, 0.5) is 13.2 Å². The molecule has 1 aromatic carbocycles. The summed E-state index contributed by atoms with van der Waals surface area (Å²) in [7, 11) is 4.06. The number of halogens is 4. The van der Waals surface area contributed by atoms with E-state index in [9.17, 15) is 13.2 Å². The van der Waals surface area contributed by atoms with Crippen molar-refractivity contribution in [3.05, 3.63) is 39.5 Å². The number of ether oxygens (including phenoxy) is 1. The number of likely N-dealkylation sites (N-methyl/N-ethyl adjacent to an activating group) is 1. The fraction of sp³-hybridized carbons (Fsp3) is 0.640. The number of nitrogens with zero attached hydrogens (tertiary/aromatic N) is 2. The lowest BCUT2D eigenvalue weighted by Crippen LogP contribution is -2.61. The van der Waals surface area contributed by atoms with Gasteiger partial charge in [-0.05, 0) is 76.0 Å². The molecule has 6 nitrogen and oxygen atoms in total. The topological polar surface area (TPSA) is 74.9 Å². The molecule has 0 amide bonds.